The molecule has 0 heterocycles. The summed E-state index contributed by atoms with van der Waals surface area (Å²) in [6.45, 7) is 0. The second-order valence-corrected chi connectivity index (χ2v) is 5.62. The van der Waals surface area contributed by atoms with Gasteiger partial charge in [-0.2, -0.15) is 0 Å². The number of hydrogen-bond acceptors (Lipinski definition) is 4. The van der Waals surface area contributed by atoms with E-state index in [0.717, 1.165) is 48.7 Å². The van der Waals surface area contributed by atoms with Crippen molar-refractivity contribution in [2.75, 3.05) is 28.4 Å². The van der Waals surface area contributed by atoms with Gasteiger partial charge in [-0.1, -0.05) is 6.07 Å². The van der Waals surface area contributed by atoms with E-state index in [1.807, 2.05) is 18.2 Å². The third kappa shape index (κ3) is 4.82. The van der Waals surface area contributed by atoms with Crippen LogP contribution in [-0.4, -0.2) is 28.4 Å². The molecule has 2 aromatic rings. The zero-order chi connectivity index (χ0) is 17.4. The zero-order valence-electron chi connectivity index (χ0n) is 14.9. The Morgan fingerprint density at radius 2 is 1.17 bits per heavy atom. The summed E-state index contributed by atoms with van der Waals surface area (Å²) in [5.41, 5.74) is 2.49. The van der Waals surface area contributed by atoms with Crippen molar-refractivity contribution in [3.8, 4) is 23.0 Å². The molecule has 24 heavy (non-hydrogen) atoms. The molecule has 4 nitrogen and oxygen atoms in total. The normalized spacial score (nSPS) is 10.3. The van der Waals surface area contributed by atoms with Gasteiger partial charge < -0.3 is 18.9 Å². The van der Waals surface area contributed by atoms with Crippen molar-refractivity contribution in [2.45, 2.75) is 25.7 Å². The van der Waals surface area contributed by atoms with Crippen molar-refractivity contribution in [2.24, 2.45) is 0 Å². The number of unbranched alkanes of at least 4 members (excludes halogenated alkanes) is 1. The second-order valence-electron chi connectivity index (χ2n) is 5.62. The first-order valence-corrected chi connectivity index (χ1v) is 8.13. The number of hydrogen-bond donors (Lipinski definition) is 0. The van der Waals surface area contributed by atoms with Crippen LogP contribution in [0, 0.1) is 0 Å². The highest BCUT2D eigenvalue weighted by Gasteiger charge is 2.05. The summed E-state index contributed by atoms with van der Waals surface area (Å²) in [6, 6.07) is 12.1. The molecule has 0 saturated carbocycles. The van der Waals surface area contributed by atoms with Crippen LogP contribution in [0.15, 0.2) is 36.4 Å². The Hall–Kier alpha value is -2.36. The number of aryl methyl sites for hydroxylation is 2. The summed E-state index contributed by atoms with van der Waals surface area (Å²) >= 11 is 0. The minimum atomic E-state index is 0.768. The number of methoxy groups -OCH3 is 4. The Morgan fingerprint density at radius 1 is 0.583 bits per heavy atom. The molecule has 0 spiro atoms. The third-order valence-electron chi connectivity index (χ3n) is 4.04. The Balaban J connectivity index is 1.89. The molecule has 0 aliphatic heterocycles. The molecule has 2 rings (SSSR count). The lowest BCUT2D eigenvalue weighted by atomic mass is 10.0. The van der Waals surface area contributed by atoms with Gasteiger partial charge in [0.05, 0.1) is 28.4 Å². The zero-order valence-corrected chi connectivity index (χ0v) is 14.9. The van der Waals surface area contributed by atoms with Gasteiger partial charge in [0.25, 0.3) is 0 Å². The first kappa shape index (κ1) is 18.0. The first-order chi connectivity index (χ1) is 11.7. The van der Waals surface area contributed by atoms with E-state index in [1.54, 1.807) is 28.4 Å². The lowest BCUT2D eigenvalue weighted by Crippen LogP contribution is -1.95. The molecule has 130 valence electrons. The van der Waals surface area contributed by atoms with Crippen molar-refractivity contribution < 1.29 is 18.9 Å². The SMILES string of the molecule is COc1cc(CCCCc2ccc(OC)c(OC)c2)cc(OC)c1. The second kappa shape index (κ2) is 9.06. The maximum Gasteiger partial charge on any atom is 0.160 e. The van der Waals surface area contributed by atoms with Crippen LogP contribution < -0.4 is 18.9 Å². The number of ether oxygens (including phenoxy) is 4. The summed E-state index contributed by atoms with van der Waals surface area (Å²) in [7, 11) is 6.67. The summed E-state index contributed by atoms with van der Waals surface area (Å²) in [5, 5.41) is 0. The van der Waals surface area contributed by atoms with E-state index in [9.17, 15) is 0 Å². The first-order valence-electron chi connectivity index (χ1n) is 8.13. The van der Waals surface area contributed by atoms with E-state index < -0.39 is 0 Å². The fourth-order valence-corrected chi connectivity index (χ4v) is 2.71. The van der Waals surface area contributed by atoms with Crippen LogP contribution in [0.1, 0.15) is 24.0 Å². The Kier molecular flexibility index (Phi) is 6.79. The average Bonchev–Trinajstić information content (AvgIpc) is 2.64. The summed E-state index contributed by atoms with van der Waals surface area (Å²) < 4.78 is 21.2. The molecule has 2 aromatic carbocycles. The van der Waals surface area contributed by atoms with Crippen molar-refractivity contribution in [1.82, 2.24) is 0 Å². The Labute approximate surface area is 144 Å². The highest BCUT2D eigenvalue weighted by molar-refractivity contribution is 5.43. The monoisotopic (exact) mass is 330 g/mol. The van der Waals surface area contributed by atoms with Crippen LogP contribution in [-0.2, 0) is 12.8 Å². The number of benzene rings is 2. The van der Waals surface area contributed by atoms with E-state index in [2.05, 4.69) is 18.2 Å². The van der Waals surface area contributed by atoms with E-state index in [1.165, 1.54) is 11.1 Å². The van der Waals surface area contributed by atoms with E-state index in [4.69, 9.17) is 18.9 Å². The highest BCUT2D eigenvalue weighted by Crippen LogP contribution is 2.28. The quantitative estimate of drug-likeness (QED) is 0.643. The molecule has 0 radical (unpaired) electrons. The maximum absolute atomic E-state index is 5.35. The molecular formula is C20H26O4. The van der Waals surface area contributed by atoms with Gasteiger partial charge in [-0.3, -0.25) is 0 Å². The van der Waals surface area contributed by atoms with Crippen molar-refractivity contribution in [3.63, 3.8) is 0 Å². The van der Waals surface area contributed by atoms with Crippen LogP contribution in [0.25, 0.3) is 0 Å². The topological polar surface area (TPSA) is 36.9 Å². The molecule has 0 aliphatic carbocycles. The van der Waals surface area contributed by atoms with Gasteiger partial charge in [-0.15, -0.1) is 0 Å². The van der Waals surface area contributed by atoms with Gasteiger partial charge in [0.15, 0.2) is 11.5 Å². The van der Waals surface area contributed by atoms with Crippen molar-refractivity contribution >= 4 is 0 Å². The predicted molar refractivity (Wildman–Crippen MR) is 95.7 cm³/mol. The fraction of sp³-hybridized carbons (Fsp3) is 0.400. The third-order valence-corrected chi connectivity index (χ3v) is 4.04. The van der Waals surface area contributed by atoms with E-state index in [0.29, 0.717) is 0 Å². The van der Waals surface area contributed by atoms with Crippen LogP contribution in [0.5, 0.6) is 23.0 Å². The van der Waals surface area contributed by atoms with Crippen molar-refractivity contribution in [1.29, 1.82) is 0 Å². The molecule has 0 aliphatic rings. The number of rotatable bonds is 9. The minimum Gasteiger partial charge on any atom is -0.497 e. The van der Waals surface area contributed by atoms with Crippen LogP contribution in [0.4, 0.5) is 0 Å². The van der Waals surface area contributed by atoms with E-state index in [-0.39, 0.29) is 0 Å². The van der Waals surface area contributed by atoms with Gasteiger partial charge in [-0.05, 0) is 61.1 Å². The Bertz CT molecular complexity index is 630. The summed E-state index contributed by atoms with van der Waals surface area (Å²) in [6.07, 6.45) is 4.22. The molecule has 0 saturated heterocycles. The highest BCUT2D eigenvalue weighted by atomic mass is 16.5. The molecule has 0 N–H and O–H groups in total. The summed E-state index contributed by atoms with van der Waals surface area (Å²) in [5.74, 6) is 3.23. The largest absolute Gasteiger partial charge is 0.497 e. The standard InChI is InChI=1S/C20H26O4/c1-21-17-11-16(12-18(14-17)22-2)8-6-5-7-15-9-10-19(23-3)20(13-15)24-4/h9-14H,5-8H2,1-4H3. The summed E-state index contributed by atoms with van der Waals surface area (Å²) in [4.78, 5) is 0. The molecular weight excluding hydrogens is 304 g/mol. The van der Waals surface area contributed by atoms with Gasteiger partial charge >= 0.3 is 0 Å². The molecule has 0 bridgehead atoms. The molecule has 4 heteroatoms. The molecule has 0 unspecified atom stereocenters. The lowest BCUT2D eigenvalue weighted by Gasteiger charge is -2.10. The van der Waals surface area contributed by atoms with Gasteiger partial charge in [0.2, 0.25) is 0 Å². The Morgan fingerprint density at radius 3 is 1.71 bits per heavy atom. The average molecular weight is 330 g/mol. The molecule has 0 amide bonds. The molecule has 0 aromatic heterocycles. The van der Waals surface area contributed by atoms with Gasteiger partial charge in [0, 0.05) is 6.07 Å². The fourth-order valence-electron chi connectivity index (χ4n) is 2.71. The smallest absolute Gasteiger partial charge is 0.160 e. The predicted octanol–water partition coefficient (Wildman–Crippen LogP) is 4.29. The van der Waals surface area contributed by atoms with Gasteiger partial charge in [-0.25, -0.2) is 0 Å². The minimum absolute atomic E-state index is 0.768. The van der Waals surface area contributed by atoms with Crippen LogP contribution in [0.2, 0.25) is 0 Å². The van der Waals surface area contributed by atoms with Crippen LogP contribution in [0.3, 0.4) is 0 Å². The molecule has 0 fully saturated rings. The van der Waals surface area contributed by atoms with Gasteiger partial charge in [0.1, 0.15) is 11.5 Å². The molecule has 0 atom stereocenters. The van der Waals surface area contributed by atoms with Crippen molar-refractivity contribution in [3.05, 3.63) is 47.5 Å². The van der Waals surface area contributed by atoms with Crippen LogP contribution >= 0.6 is 0 Å². The van der Waals surface area contributed by atoms with E-state index >= 15 is 0 Å². The maximum atomic E-state index is 5.35. The lowest BCUT2D eigenvalue weighted by molar-refractivity contribution is 0.354.